The highest BCUT2D eigenvalue weighted by atomic mass is 28.4. The largest absolute Gasteiger partial charge is 0.463 e. The normalized spacial score (nSPS) is 22.9. The molecular weight excluding hydrogens is 565 g/mol. The van der Waals surface area contributed by atoms with Crippen LogP contribution in [0.15, 0.2) is 23.3 Å². The van der Waals surface area contributed by atoms with Gasteiger partial charge in [0, 0.05) is 23.0 Å². The summed E-state index contributed by atoms with van der Waals surface area (Å²) in [6.45, 7) is 29.4. The monoisotopic (exact) mass is 626 g/mol. The van der Waals surface area contributed by atoms with Gasteiger partial charge in [0.25, 0.3) is 0 Å². The molecule has 0 saturated carbocycles. The highest BCUT2D eigenvalue weighted by Crippen LogP contribution is 2.43. The maximum atomic E-state index is 13.7. The third kappa shape index (κ3) is 8.97. The van der Waals surface area contributed by atoms with Gasteiger partial charge in [-0.3, -0.25) is 4.79 Å². The lowest BCUT2D eigenvalue weighted by Gasteiger charge is -2.45. The fraction of sp³-hybridized carbons (Fsp3) is 0.818. The van der Waals surface area contributed by atoms with Gasteiger partial charge in [-0.1, -0.05) is 82.2 Å². The lowest BCUT2D eigenvalue weighted by Crippen LogP contribution is -2.54. The van der Waals surface area contributed by atoms with Crippen molar-refractivity contribution in [2.75, 3.05) is 13.2 Å². The van der Waals surface area contributed by atoms with Crippen LogP contribution in [0.4, 0.5) is 0 Å². The number of ketones is 1. The summed E-state index contributed by atoms with van der Waals surface area (Å²) in [7, 11) is -4.32. The fourth-order valence-corrected chi connectivity index (χ4v) is 15.4. The van der Waals surface area contributed by atoms with Crippen LogP contribution >= 0.6 is 0 Å². The minimum atomic E-state index is -2.22. The topological polar surface area (TPSA) is 91.3 Å². The summed E-state index contributed by atoms with van der Waals surface area (Å²) in [5, 5.41) is 11.5. The zero-order chi connectivity index (χ0) is 32.6. The molecule has 0 saturated heterocycles. The summed E-state index contributed by atoms with van der Waals surface area (Å²) in [6.07, 6.45) is 2.14. The Kier molecular flexibility index (Phi) is 15.1. The average Bonchev–Trinajstić information content (AvgIpc) is 2.90. The second kappa shape index (κ2) is 16.3. The van der Waals surface area contributed by atoms with E-state index in [1.807, 2.05) is 19.9 Å². The predicted octanol–water partition coefficient (Wildman–Crippen LogP) is 7.95. The van der Waals surface area contributed by atoms with Crippen molar-refractivity contribution in [3.63, 3.8) is 0 Å². The van der Waals surface area contributed by atoms with Crippen molar-refractivity contribution in [1.29, 1.82) is 0 Å². The van der Waals surface area contributed by atoms with Crippen LogP contribution in [0.25, 0.3) is 0 Å². The van der Waals surface area contributed by atoms with Gasteiger partial charge in [0.1, 0.15) is 6.10 Å². The Hall–Kier alpha value is -1.11. The van der Waals surface area contributed by atoms with Crippen LogP contribution in [0.1, 0.15) is 96.9 Å². The fourth-order valence-electron chi connectivity index (χ4n) is 6.97. The number of hydrogen-bond acceptors (Lipinski definition) is 7. The van der Waals surface area contributed by atoms with Crippen LogP contribution < -0.4 is 0 Å². The third-order valence-corrected chi connectivity index (χ3v) is 20.4. The minimum absolute atomic E-state index is 0.163. The van der Waals surface area contributed by atoms with Crippen LogP contribution in [0.3, 0.4) is 0 Å². The Morgan fingerprint density at radius 1 is 1.00 bits per heavy atom. The molecule has 0 aromatic heterocycles. The Bertz CT molecular complexity index is 920. The van der Waals surface area contributed by atoms with Crippen LogP contribution in [0.5, 0.6) is 0 Å². The maximum Gasteiger partial charge on any atom is 0.333 e. The first-order chi connectivity index (χ1) is 19.4. The molecular formula is C33H62O7Si2. The van der Waals surface area contributed by atoms with E-state index >= 15 is 0 Å². The number of esters is 1. The number of hydrogen-bond donors (Lipinski definition) is 1. The van der Waals surface area contributed by atoms with Crippen LogP contribution in [0.2, 0.25) is 34.8 Å². The van der Waals surface area contributed by atoms with E-state index in [-0.39, 0.29) is 36.3 Å². The van der Waals surface area contributed by atoms with Crippen LogP contribution in [0, 0.1) is 11.8 Å². The van der Waals surface area contributed by atoms with Crippen LogP contribution in [-0.2, 0) is 27.9 Å². The van der Waals surface area contributed by atoms with Crippen molar-refractivity contribution >= 4 is 28.4 Å². The van der Waals surface area contributed by atoms with Crippen molar-refractivity contribution < 1.29 is 33.0 Å². The van der Waals surface area contributed by atoms with Crippen molar-refractivity contribution in [2.45, 2.75) is 150 Å². The van der Waals surface area contributed by atoms with Gasteiger partial charge in [-0.2, -0.15) is 0 Å². The van der Waals surface area contributed by atoms with E-state index in [0.717, 1.165) is 18.1 Å². The predicted molar refractivity (Wildman–Crippen MR) is 176 cm³/mol. The maximum absolute atomic E-state index is 13.7. The van der Waals surface area contributed by atoms with Crippen molar-refractivity contribution in [1.82, 2.24) is 0 Å². The molecule has 0 aliphatic carbocycles. The summed E-state index contributed by atoms with van der Waals surface area (Å²) >= 11 is 0. The molecule has 1 aliphatic heterocycles. The first-order valence-electron chi connectivity index (χ1n) is 16.2. The molecule has 7 nitrogen and oxygen atoms in total. The van der Waals surface area contributed by atoms with Gasteiger partial charge >= 0.3 is 5.97 Å². The summed E-state index contributed by atoms with van der Waals surface area (Å²) in [5.41, 5.74) is 2.10. The lowest BCUT2D eigenvalue weighted by molar-refractivity contribution is -0.216. The molecule has 0 bridgehead atoms. The minimum Gasteiger partial charge on any atom is -0.463 e. The summed E-state index contributed by atoms with van der Waals surface area (Å²) in [5.74, 6) is -2.77. The molecule has 0 fully saturated rings. The van der Waals surface area contributed by atoms with Gasteiger partial charge in [0.2, 0.25) is 8.32 Å². The first kappa shape index (κ1) is 38.9. The lowest BCUT2D eigenvalue weighted by atomic mass is 9.84. The molecule has 1 N–H and O–H groups in total. The molecule has 0 amide bonds. The van der Waals surface area contributed by atoms with E-state index in [9.17, 15) is 14.7 Å². The van der Waals surface area contributed by atoms with Crippen LogP contribution in [-0.4, -0.2) is 64.7 Å². The van der Waals surface area contributed by atoms with E-state index < -0.39 is 28.5 Å². The number of carbonyl (C=O) groups excluding carboxylic acids is 2. The number of rotatable bonds is 17. The van der Waals surface area contributed by atoms with Crippen molar-refractivity contribution in [3.05, 3.63) is 23.3 Å². The van der Waals surface area contributed by atoms with Gasteiger partial charge in [-0.15, -0.1) is 0 Å². The summed E-state index contributed by atoms with van der Waals surface area (Å²) < 4.78 is 25.2. The molecule has 0 aromatic rings. The zero-order valence-electron chi connectivity index (χ0n) is 29.1. The van der Waals surface area contributed by atoms with E-state index in [1.165, 1.54) is 6.08 Å². The van der Waals surface area contributed by atoms with Gasteiger partial charge in [0.15, 0.2) is 19.9 Å². The Morgan fingerprint density at radius 2 is 1.50 bits per heavy atom. The second-order valence-corrected chi connectivity index (χ2v) is 23.5. The van der Waals surface area contributed by atoms with Gasteiger partial charge < -0.3 is 23.4 Å². The highest BCUT2D eigenvalue weighted by Gasteiger charge is 2.48. The Labute approximate surface area is 259 Å². The number of aliphatic hydroxyl groups is 1. The number of ether oxygens (including phenoxy) is 2. The van der Waals surface area contributed by atoms with E-state index in [0.29, 0.717) is 34.4 Å². The van der Waals surface area contributed by atoms with E-state index in [1.54, 1.807) is 20.8 Å². The molecule has 1 aliphatic rings. The number of carbonyl (C=O) groups is 2. The molecule has 5 atom stereocenters. The zero-order valence-corrected chi connectivity index (χ0v) is 31.1. The Balaban J connectivity index is 3.45. The quantitative estimate of drug-likeness (QED) is 0.0995. The molecule has 0 spiro atoms. The molecule has 1 rings (SSSR count). The highest BCUT2D eigenvalue weighted by molar-refractivity contribution is 6.77. The smallest absolute Gasteiger partial charge is 0.333 e. The summed E-state index contributed by atoms with van der Waals surface area (Å²) in [4.78, 5) is 26.1. The Morgan fingerprint density at radius 3 is 1.93 bits per heavy atom. The van der Waals surface area contributed by atoms with Gasteiger partial charge in [-0.25, -0.2) is 4.79 Å². The SMILES string of the molecule is CCOC(=O)/C(C)=C/[C@H](C)[C@H](O[Si](CC)(CC)CC)[C@H](C)[C@H]1OC(C)(O)C(CO[Si](C(C)C)(C(C)C)C(C)C)=CC1=O. The molecule has 244 valence electrons. The third-order valence-electron chi connectivity index (χ3n) is 9.68. The second-order valence-electron chi connectivity index (χ2n) is 13.3. The van der Waals surface area contributed by atoms with Gasteiger partial charge in [0.05, 0.1) is 19.3 Å². The molecule has 0 aromatic carbocycles. The molecule has 1 unspecified atom stereocenters. The standard InChI is InChI=1S/C33H62O7Si2/c1-15-37-32(35)26(12)19-25(11)30(40-41(16-2,17-3)18-4)27(13)31-29(34)20-28(33(14,36)39-31)21-38-42(22(5)6,23(7)8)24(9)10/h19-20,22-25,27,30-31,36H,15-18,21H2,1-14H3/b26-19+/t25-,27-,30-,31+,33?/m0/s1. The van der Waals surface area contributed by atoms with Gasteiger partial charge in [-0.05, 0) is 61.6 Å². The first-order valence-corrected chi connectivity index (χ1v) is 20.9. The van der Waals surface area contributed by atoms with E-state index in [4.69, 9.17) is 18.3 Å². The van der Waals surface area contributed by atoms with Crippen molar-refractivity contribution in [3.8, 4) is 0 Å². The molecule has 42 heavy (non-hydrogen) atoms. The molecule has 9 heteroatoms. The summed E-state index contributed by atoms with van der Waals surface area (Å²) in [6, 6.07) is 2.84. The van der Waals surface area contributed by atoms with E-state index in [2.05, 4.69) is 62.3 Å². The molecule has 0 radical (unpaired) electrons. The average molecular weight is 627 g/mol. The van der Waals surface area contributed by atoms with Crippen molar-refractivity contribution in [2.24, 2.45) is 11.8 Å². The molecule has 1 heterocycles.